The van der Waals surface area contributed by atoms with E-state index in [-0.39, 0.29) is 32.2 Å². The summed E-state index contributed by atoms with van der Waals surface area (Å²) in [5, 5.41) is 17.8. The van der Waals surface area contributed by atoms with Crippen molar-refractivity contribution in [3.8, 4) is 0 Å². The van der Waals surface area contributed by atoms with Crippen LogP contribution < -0.4 is 0 Å². The molecule has 0 unspecified atom stereocenters. The van der Waals surface area contributed by atoms with Crippen LogP contribution >= 0.6 is 15.9 Å². The molecule has 0 heterocycles. The molecule has 17 heavy (non-hydrogen) atoms. The SMILES string of the molecule is Cc1cc(Br)ccc1C(=O)N(CCO)CCO. The van der Waals surface area contributed by atoms with Crippen LogP contribution in [0.3, 0.4) is 0 Å². The smallest absolute Gasteiger partial charge is 0.254 e. The van der Waals surface area contributed by atoms with Crippen LogP contribution in [0.15, 0.2) is 22.7 Å². The number of aliphatic hydroxyl groups is 2. The molecule has 0 saturated heterocycles. The fraction of sp³-hybridized carbons (Fsp3) is 0.417. The predicted octanol–water partition coefficient (Wildman–Crippen LogP) is 1.18. The highest BCUT2D eigenvalue weighted by molar-refractivity contribution is 9.10. The topological polar surface area (TPSA) is 60.8 Å². The lowest BCUT2D eigenvalue weighted by molar-refractivity contribution is 0.0684. The third-order valence-electron chi connectivity index (χ3n) is 2.45. The van der Waals surface area contributed by atoms with E-state index in [0.29, 0.717) is 5.56 Å². The normalized spacial score (nSPS) is 10.4. The highest BCUT2D eigenvalue weighted by atomic mass is 79.9. The molecule has 1 amide bonds. The predicted molar refractivity (Wildman–Crippen MR) is 69.0 cm³/mol. The van der Waals surface area contributed by atoms with Gasteiger partial charge in [-0.25, -0.2) is 0 Å². The van der Waals surface area contributed by atoms with E-state index in [1.54, 1.807) is 12.1 Å². The number of hydrogen-bond donors (Lipinski definition) is 2. The summed E-state index contributed by atoms with van der Waals surface area (Å²) in [5.41, 5.74) is 1.46. The second-order valence-electron chi connectivity index (χ2n) is 3.70. The number of carbonyl (C=O) groups excluding carboxylic acids is 1. The van der Waals surface area contributed by atoms with Gasteiger partial charge in [0.15, 0.2) is 0 Å². The van der Waals surface area contributed by atoms with Gasteiger partial charge in [-0.15, -0.1) is 0 Å². The van der Waals surface area contributed by atoms with E-state index in [2.05, 4.69) is 15.9 Å². The second-order valence-corrected chi connectivity index (χ2v) is 4.61. The van der Waals surface area contributed by atoms with Gasteiger partial charge in [0.2, 0.25) is 0 Å². The molecule has 0 saturated carbocycles. The maximum Gasteiger partial charge on any atom is 0.254 e. The zero-order chi connectivity index (χ0) is 12.8. The van der Waals surface area contributed by atoms with Crippen molar-refractivity contribution in [2.24, 2.45) is 0 Å². The second kappa shape index (κ2) is 6.74. The number of amides is 1. The van der Waals surface area contributed by atoms with E-state index in [1.807, 2.05) is 13.0 Å². The van der Waals surface area contributed by atoms with Crippen molar-refractivity contribution in [2.75, 3.05) is 26.3 Å². The molecule has 0 aliphatic heterocycles. The Hall–Kier alpha value is -0.910. The van der Waals surface area contributed by atoms with Crippen LogP contribution in [0.2, 0.25) is 0 Å². The van der Waals surface area contributed by atoms with Crippen molar-refractivity contribution in [2.45, 2.75) is 6.92 Å². The van der Waals surface area contributed by atoms with Crippen molar-refractivity contribution in [3.63, 3.8) is 0 Å². The van der Waals surface area contributed by atoms with Gasteiger partial charge in [0, 0.05) is 23.1 Å². The van der Waals surface area contributed by atoms with Gasteiger partial charge in [0.1, 0.15) is 0 Å². The lowest BCUT2D eigenvalue weighted by Gasteiger charge is -2.21. The van der Waals surface area contributed by atoms with E-state index >= 15 is 0 Å². The minimum Gasteiger partial charge on any atom is -0.395 e. The molecular formula is C12H16BrNO3. The van der Waals surface area contributed by atoms with E-state index in [9.17, 15) is 4.79 Å². The molecule has 0 aliphatic carbocycles. The highest BCUT2D eigenvalue weighted by Crippen LogP contribution is 2.17. The third-order valence-corrected chi connectivity index (χ3v) is 2.94. The molecule has 0 atom stereocenters. The van der Waals surface area contributed by atoms with Crippen LogP contribution in [0.25, 0.3) is 0 Å². The Kier molecular flexibility index (Phi) is 5.61. The van der Waals surface area contributed by atoms with Crippen molar-refractivity contribution < 1.29 is 15.0 Å². The van der Waals surface area contributed by atoms with Crippen LogP contribution in [-0.4, -0.2) is 47.3 Å². The molecule has 0 aliphatic rings. The van der Waals surface area contributed by atoms with Crippen molar-refractivity contribution in [1.82, 2.24) is 4.90 Å². The number of aryl methyl sites for hydroxylation is 1. The molecule has 5 heteroatoms. The summed E-state index contributed by atoms with van der Waals surface area (Å²) in [7, 11) is 0. The fourth-order valence-electron chi connectivity index (χ4n) is 1.59. The number of hydrogen-bond acceptors (Lipinski definition) is 3. The van der Waals surface area contributed by atoms with Gasteiger partial charge in [-0.1, -0.05) is 15.9 Å². The largest absolute Gasteiger partial charge is 0.395 e. The fourth-order valence-corrected chi connectivity index (χ4v) is 2.07. The third kappa shape index (κ3) is 3.80. The summed E-state index contributed by atoms with van der Waals surface area (Å²) in [5.74, 6) is -0.168. The standard InChI is InChI=1S/C12H16BrNO3/c1-9-8-10(13)2-3-11(9)12(17)14(4-6-15)5-7-16/h2-3,8,15-16H,4-7H2,1H3. The van der Waals surface area contributed by atoms with Crippen LogP contribution in [-0.2, 0) is 0 Å². The molecule has 94 valence electrons. The Balaban J connectivity index is 2.92. The molecule has 0 bridgehead atoms. The zero-order valence-corrected chi connectivity index (χ0v) is 11.3. The molecular weight excluding hydrogens is 286 g/mol. The number of aliphatic hydroxyl groups excluding tert-OH is 2. The van der Waals surface area contributed by atoms with Crippen LogP contribution in [0, 0.1) is 6.92 Å². The molecule has 2 N–H and O–H groups in total. The summed E-state index contributed by atoms with van der Waals surface area (Å²) >= 11 is 3.34. The Labute approximate surface area is 109 Å². The minimum absolute atomic E-state index is 0.110. The van der Waals surface area contributed by atoms with Gasteiger partial charge >= 0.3 is 0 Å². The molecule has 1 aromatic rings. The minimum atomic E-state index is -0.168. The van der Waals surface area contributed by atoms with Crippen molar-refractivity contribution in [3.05, 3.63) is 33.8 Å². The van der Waals surface area contributed by atoms with Gasteiger partial charge < -0.3 is 15.1 Å². The van der Waals surface area contributed by atoms with E-state index in [1.165, 1.54) is 4.90 Å². The molecule has 1 aromatic carbocycles. The Morgan fingerprint density at radius 3 is 2.35 bits per heavy atom. The maximum absolute atomic E-state index is 12.1. The number of benzene rings is 1. The molecule has 0 radical (unpaired) electrons. The van der Waals surface area contributed by atoms with Crippen molar-refractivity contribution >= 4 is 21.8 Å². The molecule has 4 nitrogen and oxygen atoms in total. The van der Waals surface area contributed by atoms with Gasteiger partial charge in [-0.3, -0.25) is 4.79 Å². The van der Waals surface area contributed by atoms with E-state index in [0.717, 1.165) is 10.0 Å². The molecule has 0 aromatic heterocycles. The number of halogens is 1. The van der Waals surface area contributed by atoms with Crippen LogP contribution in [0.5, 0.6) is 0 Å². The lowest BCUT2D eigenvalue weighted by Crippen LogP contribution is -2.36. The number of carbonyl (C=O) groups is 1. The van der Waals surface area contributed by atoms with Gasteiger partial charge in [0.25, 0.3) is 5.91 Å². The average Bonchev–Trinajstić information content (AvgIpc) is 2.28. The molecule has 1 rings (SSSR count). The monoisotopic (exact) mass is 301 g/mol. The van der Waals surface area contributed by atoms with E-state index < -0.39 is 0 Å². The summed E-state index contributed by atoms with van der Waals surface area (Å²) in [6.07, 6.45) is 0. The first kappa shape index (κ1) is 14.2. The summed E-state index contributed by atoms with van der Waals surface area (Å²) in [4.78, 5) is 13.6. The Morgan fingerprint density at radius 2 is 1.88 bits per heavy atom. The van der Waals surface area contributed by atoms with Crippen LogP contribution in [0.1, 0.15) is 15.9 Å². The molecule has 0 spiro atoms. The summed E-state index contributed by atoms with van der Waals surface area (Å²) in [6, 6.07) is 5.41. The zero-order valence-electron chi connectivity index (χ0n) is 9.69. The number of nitrogens with zero attached hydrogens (tertiary/aromatic N) is 1. The van der Waals surface area contributed by atoms with Gasteiger partial charge in [-0.2, -0.15) is 0 Å². The molecule has 0 fully saturated rings. The maximum atomic E-state index is 12.1. The highest BCUT2D eigenvalue weighted by Gasteiger charge is 2.16. The van der Waals surface area contributed by atoms with Gasteiger partial charge in [0.05, 0.1) is 13.2 Å². The summed E-state index contributed by atoms with van der Waals surface area (Å²) in [6.45, 7) is 2.10. The number of rotatable bonds is 5. The lowest BCUT2D eigenvalue weighted by atomic mass is 10.1. The van der Waals surface area contributed by atoms with Gasteiger partial charge in [-0.05, 0) is 30.7 Å². The first-order valence-electron chi connectivity index (χ1n) is 5.37. The quantitative estimate of drug-likeness (QED) is 0.859. The first-order chi connectivity index (χ1) is 8.10. The van der Waals surface area contributed by atoms with Crippen molar-refractivity contribution in [1.29, 1.82) is 0 Å². The van der Waals surface area contributed by atoms with Crippen LogP contribution in [0.4, 0.5) is 0 Å². The Morgan fingerprint density at radius 1 is 1.29 bits per heavy atom. The summed E-state index contributed by atoms with van der Waals surface area (Å²) < 4.78 is 0.919. The Bertz CT molecular complexity index is 389. The van der Waals surface area contributed by atoms with E-state index in [4.69, 9.17) is 10.2 Å². The first-order valence-corrected chi connectivity index (χ1v) is 6.16. The average molecular weight is 302 g/mol.